The van der Waals surface area contributed by atoms with Crippen LogP contribution in [0.3, 0.4) is 0 Å². The fourth-order valence-electron chi connectivity index (χ4n) is 2.44. The molecule has 1 fully saturated rings. The van der Waals surface area contributed by atoms with E-state index in [0.717, 1.165) is 12.3 Å². The highest BCUT2D eigenvalue weighted by Gasteiger charge is 2.27. The molecule has 1 saturated carbocycles. The molecule has 3 unspecified atom stereocenters. The summed E-state index contributed by atoms with van der Waals surface area (Å²) >= 11 is 3.27. The van der Waals surface area contributed by atoms with Crippen molar-refractivity contribution in [1.29, 1.82) is 0 Å². The van der Waals surface area contributed by atoms with Crippen LogP contribution in [0.1, 0.15) is 33.1 Å². The molecule has 1 aliphatic carbocycles. The molecule has 5 heteroatoms. The lowest BCUT2D eigenvalue weighted by molar-refractivity contribution is 0.253. The summed E-state index contributed by atoms with van der Waals surface area (Å²) < 4.78 is 0.491. The first-order chi connectivity index (χ1) is 8.09. The van der Waals surface area contributed by atoms with Gasteiger partial charge in [-0.15, -0.1) is 0 Å². The fourth-order valence-corrected chi connectivity index (χ4v) is 2.78. The summed E-state index contributed by atoms with van der Waals surface area (Å²) in [6, 6.07) is 0.407. The Morgan fingerprint density at radius 2 is 2.24 bits per heavy atom. The molecule has 2 N–H and O–H groups in total. The number of aromatic amines is 1. The van der Waals surface area contributed by atoms with E-state index in [-0.39, 0.29) is 5.56 Å². The predicted molar refractivity (Wildman–Crippen MR) is 72.1 cm³/mol. The van der Waals surface area contributed by atoms with E-state index in [2.05, 4.69) is 45.1 Å². The summed E-state index contributed by atoms with van der Waals surface area (Å²) in [5.41, 5.74) is -0.140. The third-order valence-corrected chi connectivity index (χ3v) is 4.56. The third kappa shape index (κ3) is 2.70. The number of nitrogens with one attached hydrogen (secondary N) is 2. The summed E-state index contributed by atoms with van der Waals surface area (Å²) in [6.45, 7) is 4.56. The van der Waals surface area contributed by atoms with Crippen LogP contribution in [0.15, 0.2) is 15.6 Å². The molecular formula is C12H18BrN3O. The smallest absolute Gasteiger partial charge is 0.267 e. The number of anilines is 1. The standard InChI is InChI=1S/C12H18BrN3O/c1-7-4-3-5-9(8(7)2)16-11-10(13)12(17)15-6-14-11/h6-9H,3-5H2,1-2H3,(H2,14,15,16,17). The van der Waals surface area contributed by atoms with Gasteiger partial charge in [0.1, 0.15) is 10.3 Å². The maximum Gasteiger partial charge on any atom is 0.267 e. The Morgan fingerprint density at radius 3 is 3.00 bits per heavy atom. The summed E-state index contributed by atoms with van der Waals surface area (Å²) in [7, 11) is 0. The molecule has 0 spiro atoms. The minimum absolute atomic E-state index is 0.140. The highest BCUT2D eigenvalue weighted by atomic mass is 79.9. The Morgan fingerprint density at radius 1 is 1.47 bits per heavy atom. The molecule has 0 amide bonds. The highest BCUT2D eigenvalue weighted by Crippen LogP contribution is 2.31. The van der Waals surface area contributed by atoms with E-state index in [1.165, 1.54) is 19.2 Å². The number of hydrogen-bond donors (Lipinski definition) is 2. The molecule has 0 saturated heterocycles. The first-order valence-electron chi connectivity index (χ1n) is 6.09. The number of halogens is 1. The van der Waals surface area contributed by atoms with E-state index >= 15 is 0 Å². The topological polar surface area (TPSA) is 57.8 Å². The van der Waals surface area contributed by atoms with Crippen LogP contribution in [0.4, 0.5) is 5.82 Å². The molecule has 0 aliphatic heterocycles. The van der Waals surface area contributed by atoms with Crippen LogP contribution in [-0.2, 0) is 0 Å². The van der Waals surface area contributed by atoms with Crippen molar-refractivity contribution >= 4 is 21.7 Å². The molecule has 3 atom stereocenters. The Hall–Kier alpha value is -0.840. The Balaban J connectivity index is 2.15. The van der Waals surface area contributed by atoms with Crippen LogP contribution >= 0.6 is 15.9 Å². The van der Waals surface area contributed by atoms with Gasteiger partial charge in [0, 0.05) is 6.04 Å². The molecule has 0 radical (unpaired) electrons. The summed E-state index contributed by atoms with van der Waals surface area (Å²) in [4.78, 5) is 18.2. The highest BCUT2D eigenvalue weighted by molar-refractivity contribution is 9.10. The van der Waals surface area contributed by atoms with Gasteiger partial charge in [0.05, 0.1) is 6.33 Å². The largest absolute Gasteiger partial charge is 0.366 e. The van der Waals surface area contributed by atoms with E-state index in [0.29, 0.717) is 22.3 Å². The first kappa shape index (κ1) is 12.6. The van der Waals surface area contributed by atoms with E-state index in [9.17, 15) is 4.79 Å². The molecule has 2 rings (SSSR count). The lowest BCUT2D eigenvalue weighted by Gasteiger charge is -2.35. The summed E-state index contributed by atoms with van der Waals surface area (Å²) in [6.07, 6.45) is 5.12. The number of H-pyrrole nitrogens is 1. The van der Waals surface area contributed by atoms with E-state index < -0.39 is 0 Å². The SMILES string of the molecule is CC1CCCC(Nc2nc[nH]c(=O)c2Br)C1C. The first-order valence-corrected chi connectivity index (χ1v) is 6.88. The quantitative estimate of drug-likeness (QED) is 0.883. The zero-order valence-corrected chi connectivity index (χ0v) is 11.8. The molecule has 17 heavy (non-hydrogen) atoms. The van der Waals surface area contributed by atoms with Crippen molar-refractivity contribution in [2.24, 2.45) is 11.8 Å². The van der Waals surface area contributed by atoms with Crippen molar-refractivity contribution in [3.05, 3.63) is 21.2 Å². The van der Waals surface area contributed by atoms with Gasteiger partial charge in [0.15, 0.2) is 0 Å². The van der Waals surface area contributed by atoms with E-state index in [4.69, 9.17) is 0 Å². The van der Waals surface area contributed by atoms with Gasteiger partial charge in [-0.05, 0) is 34.2 Å². The maximum absolute atomic E-state index is 11.4. The average Bonchev–Trinajstić information content (AvgIpc) is 2.31. The van der Waals surface area contributed by atoms with Gasteiger partial charge in [-0.3, -0.25) is 4.79 Å². The van der Waals surface area contributed by atoms with Crippen LogP contribution < -0.4 is 10.9 Å². The Kier molecular flexibility index (Phi) is 3.86. The van der Waals surface area contributed by atoms with Crippen LogP contribution in [0.2, 0.25) is 0 Å². The van der Waals surface area contributed by atoms with E-state index in [1.54, 1.807) is 0 Å². The molecule has 0 aromatic carbocycles. The predicted octanol–water partition coefficient (Wildman–Crippen LogP) is 2.77. The van der Waals surface area contributed by atoms with Crippen molar-refractivity contribution in [1.82, 2.24) is 9.97 Å². The van der Waals surface area contributed by atoms with E-state index in [1.807, 2.05) is 0 Å². The molecule has 1 aliphatic rings. The minimum atomic E-state index is -0.140. The van der Waals surface area contributed by atoms with Gasteiger partial charge in [0.25, 0.3) is 5.56 Å². The van der Waals surface area contributed by atoms with Crippen LogP contribution in [0.25, 0.3) is 0 Å². The van der Waals surface area contributed by atoms with Crippen molar-refractivity contribution in [3.8, 4) is 0 Å². The van der Waals surface area contributed by atoms with Crippen molar-refractivity contribution < 1.29 is 0 Å². The molecule has 0 bridgehead atoms. The van der Waals surface area contributed by atoms with Crippen LogP contribution in [0.5, 0.6) is 0 Å². The van der Waals surface area contributed by atoms with Crippen molar-refractivity contribution in [2.45, 2.75) is 39.2 Å². The van der Waals surface area contributed by atoms with Gasteiger partial charge < -0.3 is 10.3 Å². The van der Waals surface area contributed by atoms with Crippen LogP contribution in [-0.4, -0.2) is 16.0 Å². The number of rotatable bonds is 2. The summed E-state index contributed by atoms with van der Waals surface area (Å²) in [5, 5.41) is 3.39. The van der Waals surface area contributed by atoms with Gasteiger partial charge in [0.2, 0.25) is 0 Å². The maximum atomic E-state index is 11.4. The fraction of sp³-hybridized carbons (Fsp3) is 0.667. The lowest BCUT2D eigenvalue weighted by Crippen LogP contribution is -2.35. The second kappa shape index (κ2) is 5.21. The molecule has 94 valence electrons. The second-order valence-electron chi connectivity index (χ2n) is 4.91. The second-order valence-corrected chi connectivity index (χ2v) is 5.71. The molecule has 1 heterocycles. The number of hydrogen-bond acceptors (Lipinski definition) is 3. The zero-order chi connectivity index (χ0) is 12.4. The van der Waals surface area contributed by atoms with Gasteiger partial charge in [-0.25, -0.2) is 4.98 Å². The number of nitrogens with zero attached hydrogens (tertiary/aromatic N) is 1. The van der Waals surface area contributed by atoms with Crippen molar-refractivity contribution in [3.63, 3.8) is 0 Å². The lowest BCUT2D eigenvalue weighted by atomic mass is 9.78. The molecular weight excluding hydrogens is 282 g/mol. The van der Waals surface area contributed by atoms with Gasteiger partial charge >= 0.3 is 0 Å². The zero-order valence-electron chi connectivity index (χ0n) is 10.2. The van der Waals surface area contributed by atoms with Crippen LogP contribution in [0, 0.1) is 11.8 Å². The normalized spacial score (nSPS) is 29.0. The Bertz CT molecular complexity index is 446. The van der Waals surface area contributed by atoms with Crippen molar-refractivity contribution in [2.75, 3.05) is 5.32 Å². The monoisotopic (exact) mass is 299 g/mol. The molecule has 4 nitrogen and oxygen atoms in total. The summed E-state index contributed by atoms with van der Waals surface area (Å²) in [5.74, 6) is 1.98. The van der Waals surface area contributed by atoms with Gasteiger partial charge in [-0.1, -0.05) is 26.7 Å². The molecule has 1 aromatic rings. The molecule has 1 aromatic heterocycles. The minimum Gasteiger partial charge on any atom is -0.366 e. The Labute approximate surface area is 109 Å². The average molecular weight is 300 g/mol. The van der Waals surface area contributed by atoms with Gasteiger partial charge in [-0.2, -0.15) is 0 Å². The third-order valence-electron chi connectivity index (χ3n) is 3.83. The number of aromatic nitrogens is 2.